The molecule has 0 aromatic heterocycles. The lowest BCUT2D eigenvalue weighted by molar-refractivity contribution is -0.129. The largest absolute Gasteiger partial charge is 0.402 e. The average molecular weight is 399 g/mol. The van der Waals surface area contributed by atoms with Crippen LogP contribution in [-0.4, -0.2) is 25.0 Å². The second-order valence-electron chi connectivity index (χ2n) is 5.61. The van der Waals surface area contributed by atoms with Gasteiger partial charge in [0.1, 0.15) is 0 Å². The number of hydrogen-bond acceptors (Lipinski definition) is 4. The number of benzene rings is 2. The molecule has 0 spiro atoms. The molecule has 0 saturated heterocycles. The number of hydrogen-bond donors (Lipinski definition) is 0. The van der Waals surface area contributed by atoms with Crippen LogP contribution in [0.3, 0.4) is 0 Å². The first-order valence-corrected chi connectivity index (χ1v) is 9.03. The minimum Gasteiger partial charge on any atom is -0.402 e. The van der Waals surface area contributed by atoms with E-state index in [-0.39, 0.29) is 0 Å². The van der Waals surface area contributed by atoms with E-state index in [1.807, 2.05) is 36.4 Å². The maximum Gasteiger partial charge on any atom is 0.363 e. The highest BCUT2D eigenvalue weighted by Crippen LogP contribution is 2.22. The molecule has 1 aliphatic rings. The Labute approximate surface area is 156 Å². The number of nitrogens with zero attached hydrogens (tertiary/aromatic N) is 2. The molecule has 0 amide bonds. The van der Waals surface area contributed by atoms with Crippen LogP contribution < -0.4 is 4.90 Å². The van der Waals surface area contributed by atoms with E-state index in [0.717, 1.165) is 28.7 Å². The van der Waals surface area contributed by atoms with Crippen LogP contribution in [0.15, 0.2) is 63.7 Å². The Morgan fingerprint density at radius 1 is 1.12 bits per heavy atom. The zero-order valence-electron chi connectivity index (χ0n) is 14.2. The van der Waals surface area contributed by atoms with Crippen molar-refractivity contribution in [3.63, 3.8) is 0 Å². The van der Waals surface area contributed by atoms with Crippen molar-refractivity contribution >= 4 is 39.6 Å². The van der Waals surface area contributed by atoms with Crippen LogP contribution in [0.1, 0.15) is 25.0 Å². The van der Waals surface area contributed by atoms with Crippen LogP contribution >= 0.6 is 15.9 Å². The lowest BCUT2D eigenvalue weighted by Crippen LogP contribution is -2.21. The number of aliphatic imine (C=N–C) groups is 1. The number of carbonyl (C=O) groups is 1. The summed E-state index contributed by atoms with van der Waals surface area (Å²) in [4.78, 5) is 18.7. The molecule has 2 aromatic carbocycles. The van der Waals surface area contributed by atoms with Crippen molar-refractivity contribution in [1.29, 1.82) is 0 Å². The van der Waals surface area contributed by atoms with Gasteiger partial charge in [0.05, 0.1) is 0 Å². The smallest absolute Gasteiger partial charge is 0.363 e. The third kappa shape index (κ3) is 3.99. The predicted octanol–water partition coefficient (Wildman–Crippen LogP) is 4.64. The lowest BCUT2D eigenvalue weighted by atomic mass is 10.1. The van der Waals surface area contributed by atoms with Crippen LogP contribution in [-0.2, 0) is 9.53 Å². The van der Waals surface area contributed by atoms with Crippen LogP contribution in [0.4, 0.5) is 5.69 Å². The van der Waals surface area contributed by atoms with E-state index in [2.05, 4.69) is 51.8 Å². The number of esters is 1. The van der Waals surface area contributed by atoms with Gasteiger partial charge < -0.3 is 9.64 Å². The maximum atomic E-state index is 12.1. The summed E-state index contributed by atoms with van der Waals surface area (Å²) < 4.78 is 6.21. The molecule has 0 N–H and O–H groups in total. The summed E-state index contributed by atoms with van der Waals surface area (Å²) >= 11 is 3.41. The predicted molar refractivity (Wildman–Crippen MR) is 105 cm³/mol. The average Bonchev–Trinajstić information content (AvgIpc) is 2.98. The highest BCUT2D eigenvalue weighted by molar-refractivity contribution is 9.10. The quantitative estimate of drug-likeness (QED) is 0.544. The molecule has 0 atom stereocenters. The van der Waals surface area contributed by atoms with Gasteiger partial charge in [-0.3, -0.25) is 0 Å². The number of halogens is 1. The molecule has 0 saturated carbocycles. The number of ether oxygens (including phenoxy) is 1. The maximum absolute atomic E-state index is 12.1. The number of anilines is 1. The fourth-order valence-electron chi connectivity index (χ4n) is 2.68. The molecule has 0 aliphatic carbocycles. The summed E-state index contributed by atoms with van der Waals surface area (Å²) in [6, 6.07) is 15.6. The molecule has 2 aromatic rings. The molecule has 128 valence electrons. The Bertz CT molecular complexity index is 837. The first kappa shape index (κ1) is 17.4. The van der Waals surface area contributed by atoms with Gasteiger partial charge in [-0.05, 0) is 55.8 Å². The van der Waals surface area contributed by atoms with Crippen LogP contribution in [0, 0.1) is 0 Å². The lowest BCUT2D eigenvalue weighted by Gasteiger charge is -2.20. The zero-order valence-corrected chi connectivity index (χ0v) is 15.8. The summed E-state index contributed by atoms with van der Waals surface area (Å²) in [5.41, 5.74) is 3.16. The van der Waals surface area contributed by atoms with E-state index in [0.29, 0.717) is 11.6 Å². The van der Waals surface area contributed by atoms with Crippen LogP contribution in [0.25, 0.3) is 6.08 Å². The van der Waals surface area contributed by atoms with E-state index >= 15 is 0 Å². The Morgan fingerprint density at radius 2 is 1.84 bits per heavy atom. The molecule has 5 heteroatoms. The van der Waals surface area contributed by atoms with E-state index in [1.165, 1.54) is 5.69 Å². The SMILES string of the molecule is CCN(CC)c1ccc(/C=C2/N=C(c3cccc(Br)c3)OC2=O)cc1. The normalized spacial score (nSPS) is 15.2. The Kier molecular flexibility index (Phi) is 5.34. The first-order valence-electron chi connectivity index (χ1n) is 8.24. The third-order valence-corrected chi connectivity index (χ3v) is 4.51. The highest BCUT2D eigenvalue weighted by Gasteiger charge is 2.24. The van der Waals surface area contributed by atoms with E-state index in [4.69, 9.17) is 4.74 Å². The number of rotatable bonds is 5. The fraction of sp³-hybridized carbons (Fsp3) is 0.200. The van der Waals surface area contributed by atoms with Crippen LogP contribution in [0.5, 0.6) is 0 Å². The fourth-order valence-corrected chi connectivity index (χ4v) is 3.08. The van der Waals surface area contributed by atoms with Gasteiger partial charge in [0, 0.05) is 28.8 Å². The van der Waals surface area contributed by atoms with Gasteiger partial charge in [-0.25, -0.2) is 9.79 Å². The number of cyclic esters (lactones) is 1. The molecule has 1 heterocycles. The molecule has 0 fully saturated rings. The molecule has 1 aliphatic heterocycles. The summed E-state index contributed by atoms with van der Waals surface area (Å²) in [7, 11) is 0. The topological polar surface area (TPSA) is 41.9 Å². The van der Waals surface area contributed by atoms with Gasteiger partial charge in [-0.2, -0.15) is 0 Å². The Hall–Kier alpha value is -2.40. The van der Waals surface area contributed by atoms with Gasteiger partial charge in [0.2, 0.25) is 5.90 Å². The second-order valence-corrected chi connectivity index (χ2v) is 6.53. The summed E-state index contributed by atoms with van der Waals surface area (Å²) in [5, 5.41) is 0. The van der Waals surface area contributed by atoms with E-state index < -0.39 is 5.97 Å². The van der Waals surface area contributed by atoms with Crippen molar-refractivity contribution in [3.05, 3.63) is 69.8 Å². The van der Waals surface area contributed by atoms with Gasteiger partial charge in [0.25, 0.3) is 0 Å². The zero-order chi connectivity index (χ0) is 17.8. The first-order chi connectivity index (χ1) is 12.1. The van der Waals surface area contributed by atoms with Crippen molar-refractivity contribution in [2.24, 2.45) is 4.99 Å². The Morgan fingerprint density at radius 3 is 2.48 bits per heavy atom. The molecule has 0 bridgehead atoms. The second kappa shape index (κ2) is 7.66. The highest BCUT2D eigenvalue weighted by atomic mass is 79.9. The number of carbonyl (C=O) groups excluding carboxylic acids is 1. The van der Waals surface area contributed by atoms with E-state index in [1.54, 1.807) is 6.08 Å². The molecule has 4 nitrogen and oxygen atoms in total. The van der Waals surface area contributed by atoms with Gasteiger partial charge in [-0.15, -0.1) is 0 Å². The van der Waals surface area contributed by atoms with Gasteiger partial charge in [-0.1, -0.05) is 34.1 Å². The van der Waals surface area contributed by atoms with Crippen molar-refractivity contribution in [2.45, 2.75) is 13.8 Å². The third-order valence-electron chi connectivity index (χ3n) is 4.02. The summed E-state index contributed by atoms with van der Waals surface area (Å²) in [5.74, 6) is -0.0971. The minimum absolute atomic E-state index is 0.311. The minimum atomic E-state index is -0.428. The van der Waals surface area contributed by atoms with Crippen molar-refractivity contribution in [1.82, 2.24) is 0 Å². The van der Waals surface area contributed by atoms with Crippen molar-refractivity contribution in [2.75, 3.05) is 18.0 Å². The molecular weight excluding hydrogens is 380 g/mol. The molecular formula is C20H19BrN2O2. The standard InChI is InChI=1S/C20H19BrN2O2/c1-3-23(4-2)17-10-8-14(9-11-17)12-18-20(24)25-19(22-18)15-6-5-7-16(21)13-15/h5-13H,3-4H2,1-2H3/b18-12+. The van der Waals surface area contributed by atoms with E-state index in [9.17, 15) is 4.79 Å². The van der Waals surface area contributed by atoms with Gasteiger partial charge in [0.15, 0.2) is 5.70 Å². The van der Waals surface area contributed by atoms with Crippen molar-refractivity contribution < 1.29 is 9.53 Å². The summed E-state index contributed by atoms with van der Waals surface area (Å²) in [6.45, 7) is 6.19. The molecule has 3 rings (SSSR count). The van der Waals surface area contributed by atoms with Gasteiger partial charge >= 0.3 is 5.97 Å². The summed E-state index contributed by atoms with van der Waals surface area (Å²) in [6.07, 6.45) is 1.75. The molecule has 0 radical (unpaired) electrons. The van der Waals surface area contributed by atoms with Crippen LogP contribution in [0.2, 0.25) is 0 Å². The molecule has 25 heavy (non-hydrogen) atoms. The monoisotopic (exact) mass is 398 g/mol. The molecule has 0 unspecified atom stereocenters. The van der Waals surface area contributed by atoms with Crippen molar-refractivity contribution in [3.8, 4) is 0 Å². The Balaban J connectivity index is 1.84.